The third-order valence-electron chi connectivity index (χ3n) is 3.18. The lowest BCUT2D eigenvalue weighted by Gasteiger charge is -2.10. The minimum atomic E-state index is -0.358. The Labute approximate surface area is 100 Å². The summed E-state index contributed by atoms with van der Waals surface area (Å²) in [6.07, 6.45) is 1.42. The van der Waals surface area contributed by atoms with Crippen molar-refractivity contribution in [3.05, 3.63) is 34.9 Å². The van der Waals surface area contributed by atoms with Gasteiger partial charge in [-0.15, -0.1) is 0 Å². The molecule has 0 aliphatic heterocycles. The first-order valence-corrected chi connectivity index (χ1v) is 5.87. The Morgan fingerprint density at radius 3 is 2.81 bits per heavy atom. The van der Waals surface area contributed by atoms with Crippen LogP contribution in [0.25, 0.3) is 0 Å². The number of hydrogen-bond acceptors (Lipinski definition) is 2. The summed E-state index contributed by atoms with van der Waals surface area (Å²) in [5, 5.41) is 8.54. The lowest BCUT2D eigenvalue weighted by Crippen LogP contribution is -2.14. The number of hydrogen-bond donors (Lipinski definition) is 1. The number of carbonyl (C=O) groups is 1. The van der Waals surface area contributed by atoms with Crippen molar-refractivity contribution in [2.24, 2.45) is 5.92 Å². The van der Waals surface area contributed by atoms with Gasteiger partial charge >= 0.3 is 0 Å². The van der Waals surface area contributed by atoms with Crippen molar-refractivity contribution in [3.63, 3.8) is 0 Å². The van der Waals surface area contributed by atoms with Crippen LogP contribution in [0, 0.1) is 11.3 Å². The predicted octanol–water partition coefficient (Wildman–Crippen LogP) is 3.44. The van der Waals surface area contributed by atoms with Crippen molar-refractivity contribution in [2.45, 2.75) is 25.7 Å². The van der Waals surface area contributed by atoms with Crippen LogP contribution in [0.3, 0.4) is 0 Å². The molecule has 0 saturated heterocycles. The second kappa shape index (κ2) is 4.38. The van der Waals surface area contributed by atoms with Crippen LogP contribution in [-0.2, 0) is 4.79 Å². The Kier molecular flexibility index (Phi) is 3.10. The molecule has 0 radical (unpaired) electrons. The molecule has 0 heterocycles. The molecule has 1 aromatic carbocycles. The summed E-state index contributed by atoms with van der Waals surface area (Å²) in [6, 6.07) is 7.28. The maximum absolute atomic E-state index is 12.1. The van der Waals surface area contributed by atoms with Gasteiger partial charge in [-0.25, -0.2) is 0 Å². The molecular weight excluding hydrogens is 222 g/mol. The molecular formula is C13H14ClNO. The van der Waals surface area contributed by atoms with Crippen LogP contribution in [0.1, 0.15) is 31.2 Å². The molecule has 1 N–H and O–H groups in total. The first-order valence-electron chi connectivity index (χ1n) is 5.50. The topological polar surface area (TPSA) is 40.9 Å². The van der Waals surface area contributed by atoms with E-state index in [4.69, 9.17) is 17.0 Å². The number of benzene rings is 1. The fourth-order valence-corrected chi connectivity index (χ4v) is 2.49. The van der Waals surface area contributed by atoms with Crippen LogP contribution in [-0.4, -0.2) is 11.5 Å². The van der Waals surface area contributed by atoms with Gasteiger partial charge in [-0.1, -0.05) is 30.7 Å². The Hall–Kier alpha value is -1.15. The van der Waals surface area contributed by atoms with Gasteiger partial charge < -0.3 is 5.41 Å². The van der Waals surface area contributed by atoms with Gasteiger partial charge in [0, 0.05) is 16.7 Å². The number of ketones is 1. The Balaban J connectivity index is 2.34. The zero-order valence-corrected chi connectivity index (χ0v) is 9.92. The Morgan fingerprint density at radius 2 is 2.25 bits per heavy atom. The number of Topliss-reactive ketones (excluding diaryl/α,β-unsaturated/α-hetero) is 1. The van der Waals surface area contributed by atoms with Gasteiger partial charge in [0.25, 0.3) is 0 Å². The van der Waals surface area contributed by atoms with Crippen molar-refractivity contribution >= 4 is 23.1 Å². The van der Waals surface area contributed by atoms with E-state index in [9.17, 15) is 4.79 Å². The average molecular weight is 236 g/mol. The third kappa shape index (κ3) is 1.90. The number of halogens is 1. The molecule has 1 aromatic rings. The second-order valence-electron chi connectivity index (χ2n) is 4.22. The highest BCUT2D eigenvalue weighted by molar-refractivity contribution is 6.30. The summed E-state index contributed by atoms with van der Waals surface area (Å²) in [5.41, 5.74) is 1.39. The molecule has 3 heteroatoms. The fraction of sp³-hybridized carbons (Fsp3) is 0.385. The number of rotatable bonds is 2. The van der Waals surface area contributed by atoms with Gasteiger partial charge in [0.15, 0.2) is 0 Å². The molecule has 1 saturated carbocycles. The van der Waals surface area contributed by atoms with Crippen LogP contribution < -0.4 is 0 Å². The maximum Gasteiger partial charge on any atom is 0.149 e. The van der Waals surface area contributed by atoms with Crippen molar-refractivity contribution in [2.75, 3.05) is 0 Å². The number of carbonyl (C=O) groups excluding carboxylic acids is 1. The Morgan fingerprint density at radius 1 is 1.50 bits per heavy atom. The predicted molar refractivity (Wildman–Crippen MR) is 65.3 cm³/mol. The summed E-state index contributed by atoms with van der Waals surface area (Å²) in [4.78, 5) is 12.1. The van der Waals surface area contributed by atoms with Gasteiger partial charge in [-0.05, 0) is 30.5 Å². The molecule has 84 valence electrons. The van der Waals surface area contributed by atoms with Crippen LogP contribution in [0.5, 0.6) is 0 Å². The van der Waals surface area contributed by atoms with Crippen molar-refractivity contribution in [3.8, 4) is 0 Å². The minimum Gasteiger partial charge on any atom is -0.309 e. The highest BCUT2D eigenvalue weighted by atomic mass is 35.5. The molecule has 2 rings (SSSR count). The van der Waals surface area contributed by atoms with Gasteiger partial charge in [-0.2, -0.15) is 0 Å². The van der Waals surface area contributed by atoms with E-state index in [0.717, 1.165) is 12.0 Å². The molecule has 2 nitrogen and oxygen atoms in total. The SMILES string of the molecule is CCC1CC(=N)C(c2cccc(Cl)c2)C1=O. The summed E-state index contributed by atoms with van der Waals surface area (Å²) in [7, 11) is 0. The van der Waals surface area contributed by atoms with E-state index in [1.54, 1.807) is 12.1 Å². The molecule has 0 spiro atoms. The zero-order valence-electron chi connectivity index (χ0n) is 9.16. The number of nitrogens with one attached hydrogen (secondary N) is 1. The fourth-order valence-electron chi connectivity index (χ4n) is 2.29. The molecule has 1 aliphatic carbocycles. The quantitative estimate of drug-likeness (QED) is 0.838. The van der Waals surface area contributed by atoms with Crippen LogP contribution in [0.2, 0.25) is 5.02 Å². The molecule has 0 bridgehead atoms. The standard InChI is InChI=1S/C13H14ClNO/c1-2-8-7-11(15)12(13(8)16)9-4-3-5-10(14)6-9/h3-6,8,12,15H,2,7H2,1H3. The lowest BCUT2D eigenvalue weighted by molar-refractivity contribution is -0.121. The van der Waals surface area contributed by atoms with E-state index in [2.05, 4.69) is 0 Å². The third-order valence-corrected chi connectivity index (χ3v) is 3.41. The van der Waals surface area contributed by atoms with Gasteiger partial charge in [-0.3, -0.25) is 4.79 Å². The summed E-state index contributed by atoms with van der Waals surface area (Å²) in [6.45, 7) is 2.00. The molecule has 1 aliphatic rings. The Bertz CT molecular complexity index is 441. The molecule has 0 aromatic heterocycles. The van der Waals surface area contributed by atoms with Crippen LogP contribution in [0.4, 0.5) is 0 Å². The van der Waals surface area contributed by atoms with Crippen LogP contribution >= 0.6 is 11.6 Å². The smallest absolute Gasteiger partial charge is 0.149 e. The van der Waals surface area contributed by atoms with Gasteiger partial charge in [0.2, 0.25) is 0 Å². The minimum absolute atomic E-state index is 0.0245. The van der Waals surface area contributed by atoms with E-state index in [1.807, 2.05) is 19.1 Å². The first kappa shape index (κ1) is 11.3. The average Bonchev–Trinajstić information content (AvgIpc) is 2.53. The van der Waals surface area contributed by atoms with E-state index in [0.29, 0.717) is 17.2 Å². The molecule has 1 fully saturated rings. The van der Waals surface area contributed by atoms with Crippen LogP contribution in [0.15, 0.2) is 24.3 Å². The van der Waals surface area contributed by atoms with Crippen molar-refractivity contribution in [1.29, 1.82) is 5.41 Å². The first-order chi connectivity index (χ1) is 7.63. The van der Waals surface area contributed by atoms with E-state index < -0.39 is 0 Å². The van der Waals surface area contributed by atoms with Gasteiger partial charge in [0.1, 0.15) is 5.78 Å². The second-order valence-corrected chi connectivity index (χ2v) is 4.66. The largest absolute Gasteiger partial charge is 0.309 e. The van der Waals surface area contributed by atoms with E-state index >= 15 is 0 Å². The molecule has 16 heavy (non-hydrogen) atoms. The highest BCUT2D eigenvalue weighted by Crippen LogP contribution is 2.34. The summed E-state index contributed by atoms with van der Waals surface area (Å²) in [5.74, 6) is -0.158. The highest BCUT2D eigenvalue weighted by Gasteiger charge is 2.38. The molecule has 2 unspecified atom stereocenters. The lowest BCUT2D eigenvalue weighted by atomic mass is 9.93. The van der Waals surface area contributed by atoms with E-state index in [-0.39, 0.29) is 17.6 Å². The van der Waals surface area contributed by atoms with Crippen molar-refractivity contribution in [1.82, 2.24) is 0 Å². The monoisotopic (exact) mass is 235 g/mol. The summed E-state index contributed by atoms with van der Waals surface area (Å²) >= 11 is 5.91. The maximum atomic E-state index is 12.1. The van der Waals surface area contributed by atoms with Crippen molar-refractivity contribution < 1.29 is 4.79 Å². The zero-order chi connectivity index (χ0) is 11.7. The summed E-state index contributed by atoms with van der Waals surface area (Å²) < 4.78 is 0. The molecule has 2 atom stereocenters. The normalized spacial score (nSPS) is 25.1. The molecule has 0 amide bonds. The van der Waals surface area contributed by atoms with E-state index in [1.165, 1.54) is 0 Å². The van der Waals surface area contributed by atoms with Gasteiger partial charge in [0.05, 0.1) is 5.92 Å².